The maximum Gasteiger partial charge on any atom is 0.191 e. The highest BCUT2D eigenvalue weighted by Gasteiger charge is 2.09. The lowest BCUT2D eigenvalue weighted by molar-refractivity contribution is 0.413. The second-order valence-corrected chi connectivity index (χ2v) is 5.04. The molecule has 0 spiro atoms. The molecule has 1 heterocycles. The molecule has 2 rings (SSSR count). The van der Waals surface area contributed by atoms with E-state index in [1.54, 1.807) is 24.9 Å². The van der Waals surface area contributed by atoms with Gasteiger partial charge < -0.3 is 15.0 Å². The molecular weight excluding hydrogens is 274 g/mol. The van der Waals surface area contributed by atoms with Gasteiger partial charge in [-0.15, -0.1) is 10.2 Å². The number of nitrogens with two attached hydrogens (primary N) is 1. The lowest BCUT2D eigenvalue weighted by Crippen LogP contribution is -2.05. The lowest BCUT2D eigenvalue weighted by Gasteiger charge is -2.06. The van der Waals surface area contributed by atoms with Crippen LogP contribution in [-0.2, 0) is 19.3 Å². The molecule has 7 heteroatoms. The fourth-order valence-electron chi connectivity index (χ4n) is 1.73. The van der Waals surface area contributed by atoms with Crippen molar-refractivity contribution in [3.05, 3.63) is 35.2 Å². The zero-order chi connectivity index (χ0) is 14.5. The number of nitrogens with zero attached hydrogens (tertiary/aromatic N) is 4. The van der Waals surface area contributed by atoms with Crippen LogP contribution in [0.2, 0.25) is 0 Å². The first-order chi connectivity index (χ1) is 9.69. The summed E-state index contributed by atoms with van der Waals surface area (Å²) in [5.74, 6) is 2.04. The van der Waals surface area contributed by atoms with Crippen LogP contribution in [0.4, 0.5) is 0 Å². The molecule has 0 saturated carbocycles. The second-order valence-electron chi connectivity index (χ2n) is 4.10. The molecule has 2 N–H and O–H groups in total. The van der Waals surface area contributed by atoms with Gasteiger partial charge in [0.05, 0.1) is 19.2 Å². The first-order valence-electron chi connectivity index (χ1n) is 5.97. The van der Waals surface area contributed by atoms with Crippen molar-refractivity contribution in [1.82, 2.24) is 14.8 Å². The highest BCUT2D eigenvalue weighted by molar-refractivity contribution is 7.98. The summed E-state index contributed by atoms with van der Waals surface area (Å²) in [6.07, 6.45) is 0. The highest BCUT2D eigenvalue weighted by atomic mass is 32.2. The molecule has 0 aliphatic heterocycles. The van der Waals surface area contributed by atoms with Crippen molar-refractivity contribution in [1.29, 1.82) is 5.26 Å². The van der Waals surface area contributed by atoms with E-state index in [1.807, 2.05) is 23.7 Å². The lowest BCUT2D eigenvalue weighted by atomic mass is 10.1. The summed E-state index contributed by atoms with van der Waals surface area (Å²) >= 11 is 1.55. The minimum atomic E-state index is 0.366. The van der Waals surface area contributed by atoms with Crippen molar-refractivity contribution < 1.29 is 4.74 Å². The Hall–Kier alpha value is -2.04. The number of hydrogen-bond acceptors (Lipinski definition) is 6. The average Bonchev–Trinajstić information content (AvgIpc) is 2.85. The van der Waals surface area contributed by atoms with E-state index in [9.17, 15) is 0 Å². The van der Waals surface area contributed by atoms with Crippen molar-refractivity contribution in [3.63, 3.8) is 0 Å². The number of ether oxygens (including phenoxy) is 1. The normalized spacial score (nSPS) is 10.3. The minimum Gasteiger partial charge on any atom is -0.495 e. The third-order valence-electron chi connectivity index (χ3n) is 2.86. The third-order valence-corrected chi connectivity index (χ3v) is 3.95. The van der Waals surface area contributed by atoms with Crippen LogP contribution in [0.25, 0.3) is 0 Å². The summed E-state index contributed by atoms with van der Waals surface area (Å²) in [5, 5.41) is 18.0. The van der Waals surface area contributed by atoms with Crippen molar-refractivity contribution in [2.45, 2.75) is 17.5 Å². The van der Waals surface area contributed by atoms with E-state index in [0.29, 0.717) is 23.6 Å². The Morgan fingerprint density at radius 2 is 2.25 bits per heavy atom. The van der Waals surface area contributed by atoms with E-state index < -0.39 is 0 Å². The summed E-state index contributed by atoms with van der Waals surface area (Å²) < 4.78 is 7.00. The van der Waals surface area contributed by atoms with Crippen LogP contribution in [0.1, 0.15) is 17.0 Å². The Labute approximate surface area is 121 Å². The number of rotatable bonds is 5. The predicted octanol–water partition coefficient (Wildman–Crippen LogP) is 1.45. The number of nitriles is 1. The molecule has 0 bridgehead atoms. The minimum absolute atomic E-state index is 0.366. The summed E-state index contributed by atoms with van der Waals surface area (Å²) in [7, 11) is 3.44. The fraction of sp³-hybridized carbons (Fsp3) is 0.308. The van der Waals surface area contributed by atoms with Crippen LogP contribution in [0, 0.1) is 11.3 Å². The molecule has 104 valence electrons. The Kier molecular flexibility index (Phi) is 4.61. The van der Waals surface area contributed by atoms with Gasteiger partial charge in [-0.2, -0.15) is 5.26 Å². The van der Waals surface area contributed by atoms with Crippen molar-refractivity contribution >= 4 is 11.8 Å². The summed E-state index contributed by atoms with van der Waals surface area (Å²) in [6.45, 7) is 0.366. The van der Waals surface area contributed by atoms with Gasteiger partial charge in [-0.05, 0) is 17.7 Å². The second kappa shape index (κ2) is 6.41. The maximum absolute atomic E-state index is 9.06. The first-order valence-corrected chi connectivity index (χ1v) is 6.96. The van der Waals surface area contributed by atoms with Crippen molar-refractivity contribution in [3.8, 4) is 11.8 Å². The van der Waals surface area contributed by atoms with Crippen LogP contribution in [-0.4, -0.2) is 21.9 Å². The van der Waals surface area contributed by atoms with Crippen LogP contribution in [0.3, 0.4) is 0 Å². The molecule has 0 radical (unpaired) electrons. The first kappa shape index (κ1) is 14.4. The average molecular weight is 289 g/mol. The van der Waals surface area contributed by atoms with Gasteiger partial charge in [-0.25, -0.2) is 0 Å². The van der Waals surface area contributed by atoms with E-state index in [0.717, 1.165) is 16.5 Å². The van der Waals surface area contributed by atoms with Crippen LogP contribution in [0.15, 0.2) is 23.4 Å². The van der Waals surface area contributed by atoms with Gasteiger partial charge in [0.1, 0.15) is 17.6 Å². The van der Waals surface area contributed by atoms with Crippen LogP contribution < -0.4 is 10.5 Å². The summed E-state index contributed by atoms with van der Waals surface area (Å²) in [5.41, 5.74) is 7.12. The SMILES string of the molecule is COc1ccc(CSc2nnc(CN)n2C)cc1C#N. The van der Waals surface area contributed by atoms with Crippen molar-refractivity contribution in [2.75, 3.05) is 7.11 Å². The molecule has 20 heavy (non-hydrogen) atoms. The van der Waals surface area contributed by atoms with Gasteiger partial charge in [0.2, 0.25) is 0 Å². The van der Waals surface area contributed by atoms with E-state index in [-0.39, 0.29) is 0 Å². The number of methoxy groups -OCH3 is 1. The Morgan fingerprint density at radius 3 is 2.85 bits per heavy atom. The van der Waals surface area contributed by atoms with Crippen LogP contribution in [0.5, 0.6) is 5.75 Å². The topological polar surface area (TPSA) is 89.8 Å². The molecule has 0 amide bonds. The quantitative estimate of drug-likeness (QED) is 0.838. The van der Waals surface area contributed by atoms with Gasteiger partial charge in [-0.1, -0.05) is 17.8 Å². The zero-order valence-electron chi connectivity index (χ0n) is 11.3. The number of thioether (sulfide) groups is 1. The highest BCUT2D eigenvalue weighted by Crippen LogP contribution is 2.25. The largest absolute Gasteiger partial charge is 0.495 e. The molecular formula is C13H15N5OS. The van der Waals surface area contributed by atoms with Crippen LogP contribution >= 0.6 is 11.8 Å². The van der Waals surface area contributed by atoms with E-state index in [2.05, 4.69) is 16.3 Å². The fourth-order valence-corrected chi connectivity index (χ4v) is 2.60. The Morgan fingerprint density at radius 1 is 1.45 bits per heavy atom. The standard InChI is InChI=1S/C13H15N5OS/c1-18-12(7-15)16-17-13(18)20-8-9-3-4-11(19-2)10(5-9)6-14/h3-5H,7-8,15H2,1-2H3. The molecule has 0 saturated heterocycles. The molecule has 0 atom stereocenters. The summed E-state index contributed by atoms with van der Waals surface area (Å²) in [6, 6.07) is 7.69. The van der Waals surface area contributed by atoms with Gasteiger partial charge in [-0.3, -0.25) is 0 Å². The van der Waals surface area contributed by atoms with Crippen molar-refractivity contribution in [2.24, 2.45) is 12.8 Å². The smallest absolute Gasteiger partial charge is 0.191 e. The Balaban J connectivity index is 2.11. The maximum atomic E-state index is 9.06. The number of hydrogen-bond donors (Lipinski definition) is 1. The molecule has 0 unspecified atom stereocenters. The molecule has 1 aromatic carbocycles. The number of aromatic nitrogens is 3. The summed E-state index contributed by atoms with van der Waals surface area (Å²) in [4.78, 5) is 0. The molecule has 1 aromatic heterocycles. The molecule has 2 aromatic rings. The van der Waals surface area contributed by atoms with Gasteiger partial charge >= 0.3 is 0 Å². The molecule has 0 aliphatic carbocycles. The Bertz CT molecular complexity index is 647. The predicted molar refractivity (Wildman–Crippen MR) is 76.2 cm³/mol. The van der Waals surface area contributed by atoms with Gasteiger partial charge in [0.15, 0.2) is 5.16 Å². The van der Waals surface area contributed by atoms with Gasteiger partial charge in [0.25, 0.3) is 0 Å². The third kappa shape index (κ3) is 2.92. The number of benzene rings is 1. The van der Waals surface area contributed by atoms with E-state index in [1.165, 1.54) is 0 Å². The van der Waals surface area contributed by atoms with E-state index >= 15 is 0 Å². The van der Waals surface area contributed by atoms with Gasteiger partial charge in [0, 0.05) is 12.8 Å². The molecule has 0 fully saturated rings. The monoisotopic (exact) mass is 289 g/mol. The zero-order valence-corrected chi connectivity index (χ0v) is 12.1. The molecule has 6 nitrogen and oxygen atoms in total. The molecule has 0 aliphatic rings. The van der Waals surface area contributed by atoms with E-state index in [4.69, 9.17) is 15.7 Å².